The van der Waals surface area contributed by atoms with E-state index in [0.29, 0.717) is 29.6 Å². The van der Waals surface area contributed by atoms with Crippen molar-refractivity contribution in [1.82, 2.24) is 29.5 Å². The maximum absolute atomic E-state index is 13.9. The van der Waals surface area contributed by atoms with Crippen LogP contribution in [0.2, 0.25) is 0 Å². The Balaban J connectivity index is 1.37. The number of ether oxygens (including phenoxy) is 1. The molecule has 4 heterocycles. The van der Waals surface area contributed by atoms with E-state index < -0.39 is 5.82 Å². The fourth-order valence-electron chi connectivity index (χ4n) is 4.94. The summed E-state index contributed by atoms with van der Waals surface area (Å²) >= 11 is 0. The molecule has 6 rings (SSSR count). The van der Waals surface area contributed by atoms with Crippen LogP contribution >= 0.6 is 0 Å². The van der Waals surface area contributed by atoms with E-state index in [2.05, 4.69) is 44.6 Å². The Morgan fingerprint density at radius 3 is 3.00 bits per heavy atom. The second-order valence-electron chi connectivity index (χ2n) is 8.98. The van der Waals surface area contributed by atoms with Gasteiger partial charge in [0.2, 0.25) is 5.95 Å². The minimum absolute atomic E-state index is 0.180. The number of hydrogen-bond donors (Lipinski definition) is 2. The van der Waals surface area contributed by atoms with Crippen molar-refractivity contribution in [3.05, 3.63) is 71.6 Å². The molecule has 35 heavy (non-hydrogen) atoms. The number of H-pyrrole nitrogens is 1. The van der Waals surface area contributed by atoms with Gasteiger partial charge in [0.1, 0.15) is 5.82 Å². The number of rotatable bonds is 7. The van der Waals surface area contributed by atoms with Gasteiger partial charge in [-0.15, -0.1) is 0 Å². The molecule has 0 aliphatic heterocycles. The average Bonchev–Trinajstić information content (AvgIpc) is 3.45. The van der Waals surface area contributed by atoms with Gasteiger partial charge in [-0.3, -0.25) is 4.98 Å². The molecule has 0 spiro atoms. The summed E-state index contributed by atoms with van der Waals surface area (Å²) in [5.41, 5.74) is 6.08. The van der Waals surface area contributed by atoms with Gasteiger partial charge < -0.3 is 15.0 Å². The summed E-state index contributed by atoms with van der Waals surface area (Å²) in [6.07, 6.45) is 9.02. The quantitative estimate of drug-likeness (QED) is 0.343. The fourth-order valence-corrected chi connectivity index (χ4v) is 4.94. The topological polar surface area (TPSA) is 93.0 Å². The number of para-hydroxylation sites is 1. The number of aromatic nitrogens is 6. The molecular weight excluding hydrogens is 445 g/mol. The van der Waals surface area contributed by atoms with E-state index >= 15 is 0 Å². The van der Waals surface area contributed by atoms with Gasteiger partial charge in [-0.05, 0) is 49.8 Å². The number of benzene rings is 1. The van der Waals surface area contributed by atoms with Gasteiger partial charge in [0.25, 0.3) is 0 Å². The van der Waals surface area contributed by atoms with Crippen molar-refractivity contribution in [3.63, 3.8) is 0 Å². The first-order valence-electron chi connectivity index (χ1n) is 11.9. The lowest BCUT2D eigenvalue weighted by Crippen LogP contribution is -2.29. The standard InChI is InChI=1S/C26H26FN7O/c1-35-10-4-5-16-14-29-34-25(16)32-24(17-11-18(27)15-28-13-17)33-26(34)30-19-8-9-23-21(12-19)20-6-2-3-7-22(20)31-23/h2-3,6-7,11,13-15,19,31H,4-5,8-10,12H2,1H3,(H,30,32,33)/t19-/m1/s1. The molecule has 9 heteroatoms. The number of fused-ring (bicyclic) bond motifs is 4. The van der Waals surface area contributed by atoms with Crippen LogP contribution in [0.3, 0.4) is 0 Å². The molecule has 0 saturated carbocycles. The number of pyridine rings is 1. The van der Waals surface area contributed by atoms with E-state index in [-0.39, 0.29) is 6.04 Å². The van der Waals surface area contributed by atoms with E-state index in [1.807, 2.05) is 6.20 Å². The predicted octanol–water partition coefficient (Wildman–Crippen LogP) is 4.36. The molecule has 2 N–H and O–H groups in total. The predicted molar refractivity (Wildman–Crippen MR) is 132 cm³/mol. The van der Waals surface area contributed by atoms with Gasteiger partial charge in [0.05, 0.1) is 12.4 Å². The SMILES string of the molecule is COCCCc1cnn2c(N[C@@H]3CCc4[nH]c5ccccc5c4C3)nc(-c3cncc(F)c3)nc12. The van der Waals surface area contributed by atoms with Crippen molar-refractivity contribution in [2.75, 3.05) is 19.0 Å². The average molecular weight is 472 g/mol. The van der Waals surface area contributed by atoms with Gasteiger partial charge in [-0.2, -0.15) is 14.6 Å². The van der Waals surface area contributed by atoms with E-state index in [9.17, 15) is 4.39 Å². The maximum atomic E-state index is 13.9. The van der Waals surface area contributed by atoms with Crippen LogP contribution in [0.1, 0.15) is 29.7 Å². The Bertz CT molecular complexity index is 1510. The van der Waals surface area contributed by atoms with Crippen LogP contribution in [-0.4, -0.2) is 49.3 Å². The summed E-state index contributed by atoms with van der Waals surface area (Å²) in [5.74, 6) is 0.595. The molecule has 1 aromatic carbocycles. The fraction of sp³-hybridized carbons (Fsp3) is 0.308. The van der Waals surface area contributed by atoms with Crippen LogP contribution in [0.15, 0.2) is 48.9 Å². The molecule has 0 bridgehead atoms. The number of nitrogens with one attached hydrogen (secondary N) is 2. The van der Waals surface area contributed by atoms with Crippen molar-refractivity contribution >= 4 is 22.5 Å². The normalized spacial score (nSPS) is 15.5. The van der Waals surface area contributed by atoms with Gasteiger partial charge in [-0.25, -0.2) is 9.37 Å². The lowest BCUT2D eigenvalue weighted by molar-refractivity contribution is 0.195. The second kappa shape index (κ2) is 9.07. The van der Waals surface area contributed by atoms with E-state index in [1.165, 1.54) is 34.4 Å². The highest BCUT2D eigenvalue weighted by atomic mass is 19.1. The smallest absolute Gasteiger partial charge is 0.228 e. The molecule has 1 atom stereocenters. The molecule has 0 radical (unpaired) electrons. The Labute approximate surface area is 201 Å². The zero-order valence-electron chi connectivity index (χ0n) is 19.5. The number of hydrogen-bond acceptors (Lipinski definition) is 6. The molecule has 0 saturated heterocycles. The number of aromatic amines is 1. The number of halogens is 1. The third-order valence-electron chi connectivity index (χ3n) is 6.63. The Morgan fingerprint density at radius 1 is 1.20 bits per heavy atom. The van der Waals surface area contributed by atoms with Gasteiger partial charge in [0.15, 0.2) is 11.5 Å². The summed E-state index contributed by atoms with van der Waals surface area (Å²) in [4.78, 5) is 17.1. The summed E-state index contributed by atoms with van der Waals surface area (Å²) in [5, 5.41) is 9.48. The van der Waals surface area contributed by atoms with Crippen LogP contribution in [0.4, 0.5) is 10.3 Å². The van der Waals surface area contributed by atoms with Crippen molar-refractivity contribution < 1.29 is 9.13 Å². The van der Waals surface area contributed by atoms with E-state index in [1.54, 1.807) is 17.8 Å². The first-order valence-corrected chi connectivity index (χ1v) is 11.9. The van der Waals surface area contributed by atoms with E-state index in [0.717, 1.165) is 37.7 Å². The molecule has 0 unspecified atom stereocenters. The summed E-state index contributed by atoms with van der Waals surface area (Å²) in [6, 6.07) is 10.0. The molecular formula is C26H26FN7O. The zero-order chi connectivity index (χ0) is 23.8. The maximum Gasteiger partial charge on any atom is 0.228 e. The summed E-state index contributed by atoms with van der Waals surface area (Å²) < 4.78 is 20.9. The molecule has 178 valence electrons. The minimum Gasteiger partial charge on any atom is -0.385 e. The van der Waals surface area contributed by atoms with Crippen molar-refractivity contribution in [1.29, 1.82) is 0 Å². The van der Waals surface area contributed by atoms with Crippen LogP contribution in [0, 0.1) is 5.82 Å². The highest BCUT2D eigenvalue weighted by molar-refractivity contribution is 5.85. The molecule has 5 aromatic rings. The van der Waals surface area contributed by atoms with Gasteiger partial charge >= 0.3 is 0 Å². The first kappa shape index (κ1) is 21.7. The minimum atomic E-state index is -0.423. The molecule has 4 aromatic heterocycles. The molecule has 0 amide bonds. The molecule has 1 aliphatic rings. The monoisotopic (exact) mass is 471 g/mol. The molecule has 0 fully saturated rings. The summed E-state index contributed by atoms with van der Waals surface area (Å²) in [6.45, 7) is 0.656. The lowest BCUT2D eigenvalue weighted by Gasteiger charge is -2.24. The number of aryl methyl sites for hydroxylation is 2. The van der Waals surface area contributed by atoms with Crippen molar-refractivity contribution in [3.8, 4) is 11.4 Å². The van der Waals surface area contributed by atoms with Crippen molar-refractivity contribution in [2.45, 2.75) is 38.1 Å². The first-order chi connectivity index (χ1) is 17.2. The van der Waals surface area contributed by atoms with Gasteiger partial charge in [-0.1, -0.05) is 18.2 Å². The third-order valence-corrected chi connectivity index (χ3v) is 6.63. The van der Waals surface area contributed by atoms with Crippen LogP contribution in [0.5, 0.6) is 0 Å². The van der Waals surface area contributed by atoms with Crippen LogP contribution in [-0.2, 0) is 24.0 Å². The number of methoxy groups -OCH3 is 1. The highest BCUT2D eigenvalue weighted by Gasteiger charge is 2.24. The van der Waals surface area contributed by atoms with Crippen LogP contribution in [0.25, 0.3) is 27.9 Å². The Morgan fingerprint density at radius 2 is 2.11 bits per heavy atom. The number of nitrogens with zero attached hydrogens (tertiary/aromatic N) is 5. The third kappa shape index (κ3) is 4.12. The van der Waals surface area contributed by atoms with Crippen molar-refractivity contribution in [2.24, 2.45) is 0 Å². The van der Waals surface area contributed by atoms with Gasteiger partial charge in [0, 0.05) is 53.7 Å². The number of anilines is 1. The molecule has 8 nitrogen and oxygen atoms in total. The lowest BCUT2D eigenvalue weighted by atomic mass is 9.91. The Hall–Kier alpha value is -3.85. The largest absolute Gasteiger partial charge is 0.385 e. The second-order valence-corrected chi connectivity index (χ2v) is 8.98. The van der Waals surface area contributed by atoms with E-state index in [4.69, 9.17) is 14.7 Å². The van der Waals surface area contributed by atoms with Crippen LogP contribution < -0.4 is 5.32 Å². The zero-order valence-corrected chi connectivity index (χ0v) is 19.5. The highest BCUT2D eigenvalue weighted by Crippen LogP contribution is 2.30. The summed E-state index contributed by atoms with van der Waals surface area (Å²) in [7, 11) is 1.69. The molecule has 1 aliphatic carbocycles. The Kier molecular flexibility index (Phi) is 5.61.